The van der Waals surface area contributed by atoms with Crippen LogP contribution in [0.3, 0.4) is 0 Å². The molecule has 47 heavy (non-hydrogen) atoms. The Morgan fingerprint density at radius 3 is 1.57 bits per heavy atom. The molecular weight excluding hydrogens is 567 g/mol. The normalized spacial score (nSPS) is 15.1. The van der Waals surface area contributed by atoms with E-state index in [9.17, 15) is 0 Å². The van der Waals surface area contributed by atoms with Crippen molar-refractivity contribution in [2.75, 3.05) is 0 Å². The van der Waals surface area contributed by atoms with Gasteiger partial charge in [0.05, 0.1) is 0 Å². The first-order chi connectivity index (χ1) is 22.9. The van der Waals surface area contributed by atoms with Gasteiger partial charge in [-0.2, -0.15) is 0 Å². The molecule has 2 aliphatic carbocycles. The van der Waals surface area contributed by atoms with E-state index in [-0.39, 0.29) is 0 Å². The summed E-state index contributed by atoms with van der Waals surface area (Å²) in [7, 11) is 0. The first kappa shape index (κ1) is 35.2. The lowest BCUT2D eigenvalue weighted by molar-refractivity contribution is 0.857. The van der Waals surface area contributed by atoms with Crippen molar-refractivity contribution in [3.8, 4) is 11.1 Å². The van der Waals surface area contributed by atoms with Crippen LogP contribution >= 0.6 is 0 Å². The second-order valence-electron chi connectivity index (χ2n) is 12.5. The summed E-state index contributed by atoms with van der Waals surface area (Å²) >= 11 is 0. The average Bonchev–Trinajstić information content (AvgIpc) is 3.10. The minimum Gasteiger partial charge on any atom is -0.402 e. The zero-order chi connectivity index (χ0) is 33.6. The zero-order valence-corrected chi connectivity index (χ0v) is 29.4. The highest BCUT2D eigenvalue weighted by Crippen LogP contribution is 2.43. The van der Waals surface area contributed by atoms with Crippen LogP contribution in [-0.2, 0) is 0 Å². The Kier molecular flexibility index (Phi) is 13.4. The summed E-state index contributed by atoms with van der Waals surface area (Å²) in [6.45, 7) is 12.7. The number of hydrogen-bond donors (Lipinski definition) is 1. The highest BCUT2D eigenvalue weighted by molar-refractivity contribution is 6.19. The highest BCUT2D eigenvalue weighted by Gasteiger charge is 2.19. The molecule has 0 spiro atoms. The minimum absolute atomic E-state index is 0.444. The molecular formula is C46H53N. The summed E-state index contributed by atoms with van der Waals surface area (Å²) in [5, 5.41) is 5.27. The van der Waals surface area contributed by atoms with E-state index in [0.29, 0.717) is 5.92 Å². The van der Waals surface area contributed by atoms with E-state index in [0.717, 1.165) is 25.0 Å². The molecule has 0 aromatic heterocycles. The molecule has 0 saturated carbocycles. The Labute approximate surface area is 284 Å². The van der Waals surface area contributed by atoms with Gasteiger partial charge in [-0.1, -0.05) is 180 Å². The van der Waals surface area contributed by atoms with Crippen LogP contribution in [0.15, 0.2) is 145 Å². The fraction of sp³-hybridized carbons (Fsp3) is 0.261. The molecule has 0 amide bonds. The van der Waals surface area contributed by atoms with E-state index >= 15 is 0 Å². The van der Waals surface area contributed by atoms with Crippen molar-refractivity contribution in [3.05, 3.63) is 161 Å². The van der Waals surface area contributed by atoms with Crippen molar-refractivity contribution in [2.24, 2.45) is 5.73 Å². The number of allylic oxidation sites excluding steroid dienone is 8. The SMILES string of the molecule is CC1=C(N)CCC=C1.CCC.CCC.Cc1ccc(-c2c3ccccc3c(C3=CCC(c4ccccc4)C=C3)c3ccccc23)cc1. The van der Waals surface area contributed by atoms with Gasteiger partial charge in [-0.15, -0.1) is 0 Å². The van der Waals surface area contributed by atoms with E-state index in [1.165, 1.54) is 73.4 Å². The summed E-state index contributed by atoms with van der Waals surface area (Å²) in [5.41, 5.74) is 15.8. The molecule has 0 aliphatic heterocycles. The van der Waals surface area contributed by atoms with Crippen LogP contribution in [0.5, 0.6) is 0 Å². The number of benzene rings is 5. The Hall–Kier alpha value is -4.62. The van der Waals surface area contributed by atoms with Crippen LogP contribution in [0.25, 0.3) is 38.2 Å². The molecule has 5 aromatic carbocycles. The molecule has 0 radical (unpaired) electrons. The predicted molar refractivity (Wildman–Crippen MR) is 210 cm³/mol. The molecule has 1 nitrogen and oxygen atoms in total. The van der Waals surface area contributed by atoms with Gasteiger partial charge in [0.15, 0.2) is 0 Å². The van der Waals surface area contributed by atoms with Crippen molar-refractivity contribution in [2.45, 2.75) is 79.6 Å². The molecule has 0 heterocycles. The molecule has 0 saturated heterocycles. The summed E-state index contributed by atoms with van der Waals surface area (Å²) in [6, 6.07) is 37.5. The van der Waals surface area contributed by atoms with Gasteiger partial charge in [-0.25, -0.2) is 0 Å². The maximum absolute atomic E-state index is 5.61. The lowest BCUT2D eigenvalue weighted by Gasteiger charge is -2.21. The Morgan fingerprint density at radius 1 is 0.617 bits per heavy atom. The van der Waals surface area contributed by atoms with Gasteiger partial charge < -0.3 is 5.73 Å². The smallest absolute Gasteiger partial charge is 0.0113 e. The number of hydrogen-bond acceptors (Lipinski definition) is 1. The van der Waals surface area contributed by atoms with Crippen LogP contribution in [0, 0.1) is 6.92 Å². The Morgan fingerprint density at radius 2 is 1.13 bits per heavy atom. The monoisotopic (exact) mass is 619 g/mol. The molecule has 0 bridgehead atoms. The van der Waals surface area contributed by atoms with E-state index in [1.54, 1.807) is 0 Å². The molecule has 1 unspecified atom stereocenters. The first-order valence-electron chi connectivity index (χ1n) is 17.5. The van der Waals surface area contributed by atoms with Gasteiger partial charge >= 0.3 is 0 Å². The number of nitrogens with two attached hydrogens (primary N) is 1. The third-order valence-electron chi connectivity index (χ3n) is 8.34. The van der Waals surface area contributed by atoms with Crippen molar-refractivity contribution >= 4 is 27.1 Å². The first-order valence-corrected chi connectivity index (χ1v) is 17.5. The highest BCUT2D eigenvalue weighted by atomic mass is 14.6. The van der Waals surface area contributed by atoms with Gasteiger partial charge in [0.2, 0.25) is 0 Å². The van der Waals surface area contributed by atoms with Gasteiger partial charge in [0.1, 0.15) is 0 Å². The second kappa shape index (κ2) is 17.9. The summed E-state index contributed by atoms with van der Waals surface area (Å²) in [4.78, 5) is 0. The molecule has 242 valence electrons. The molecule has 0 fully saturated rings. The summed E-state index contributed by atoms with van der Waals surface area (Å²) in [6.07, 6.45) is 17.1. The van der Waals surface area contributed by atoms with Crippen LogP contribution in [0.4, 0.5) is 0 Å². The molecule has 1 atom stereocenters. The van der Waals surface area contributed by atoms with Gasteiger partial charge in [-0.3, -0.25) is 0 Å². The van der Waals surface area contributed by atoms with Gasteiger partial charge in [0, 0.05) is 11.6 Å². The molecule has 2 aliphatic rings. The maximum Gasteiger partial charge on any atom is 0.0113 e. The van der Waals surface area contributed by atoms with Gasteiger partial charge in [0.25, 0.3) is 0 Å². The van der Waals surface area contributed by atoms with Crippen LogP contribution < -0.4 is 5.73 Å². The standard InChI is InChI=1S/C33H26.C7H11N.2C3H8/c1-23-15-17-26(18-16-23)32-28-11-5-7-13-30(28)33(31-14-8-6-12-29(31)32)27-21-19-25(20-22-27)24-9-3-2-4-10-24;1-6-4-2-3-5-7(6)8;2*1-3-2/h2-19,21-22,25H,20H2,1H3;2,4H,3,5,8H2,1H3;2*3H2,1-2H3. The molecule has 1 heteroatoms. The van der Waals surface area contributed by atoms with E-state index < -0.39 is 0 Å². The third-order valence-corrected chi connectivity index (χ3v) is 8.34. The average molecular weight is 620 g/mol. The third kappa shape index (κ3) is 9.01. The predicted octanol–water partition coefficient (Wildman–Crippen LogP) is 13.5. The van der Waals surface area contributed by atoms with Crippen molar-refractivity contribution < 1.29 is 0 Å². The largest absolute Gasteiger partial charge is 0.402 e. The topological polar surface area (TPSA) is 26.0 Å². The van der Waals surface area contributed by atoms with E-state index in [4.69, 9.17) is 5.73 Å². The van der Waals surface area contributed by atoms with E-state index in [1.807, 2.05) is 6.92 Å². The maximum atomic E-state index is 5.61. The summed E-state index contributed by atoms with van der Waals surface area (Å²) < 4.78 is 0. The fourth-order valence-corrected chi connectivity index (χ4v) is 6.03. The van der Waals surface area contributed by atoms with Crippen LogP contribution in [-0.4, -0.2) is 0 Å². The molecule has 7 rings (SSSR count). The zero-order valence-electron chi connectivity index (χ0n) is 29.4. The van der Waals surface area contributed by atoms with Crippen LogP contribution in [0.2, 0.25) is 0 Å². The van der Waals surface area contributed by atoms with E-state index in [2.05, 4.69) is 168 Å². The minimum atomic E-state index is 0.444. The molecule has 5 aromatic rings. The molecule has 2 N–H and O–H groups in total. The lowest BCUT2D eigenvalue weighted by atomic mass is 9.82. The van der Waals surface area contributed by atoms with Crippen LogP contribution in [0.1, 0.15) is 89.3 Å². The number of aryl methyl sites for hydroxylation is 1. The summed E-state index contributed by atoms with van der Waals surface area (Å²) in [5.74, 6) is 0.444. The van der Waals surface area contributed by atoms with Crippen molar-refractivity contribution in [1.82, 2.24) is 0 Å². The van der Waals surface area contributed by atoms with Gasteiger partial charge in [-0.05, 0) is 88.1 Å². The van der Waals surface area contributed by atoms with Crippen molar-refractivity contribution in [3.63, 3.8) is 0 Å². The second-order valence-corrected chi connectivity index (χ2v) is 12.5. The quantitative estimate of drug-likeness (QED) is 0.200. The number of rotatable bonds is 3. The lowest BCUT2D eigenvalue weighted by Crippen LogP contribution is -2.01. The van der Waals surface area contributed by atoms with Crippen molar-refractivity contribution in [1.29, 1.82) is 0 Å². The Bertz CT molecular complexity index is 1790. The Balaban J connectivity index is 0.000000301. The fourth-order valence-electron chi connectivity index (χ4n) is 6.03. The number of fused-ring (bicyclic) bond motifs is 2.